The lowest BCUT2D eigenvalue weighted by atomic mass is 10.1. The van der Waals surface area contributed by atoms with Crippen molar-refractivity contribution in [3.05, 3.63) is 35.1 Å². The third-order valence-electron chi connectivity index (χ3n) is 3.15. The number of anilines is 1. The predicted molar refractivity (Wildman–Crippen MR) is 70.1 cm³/mol. The number of nitrogens with two attached hydrogens (primary N) is 1. The van der Waals surface area contributed by atoms with Gasteiger partial charge in [0.2, 0.25) is 0 Å². The monoisotopic (exact) mass is 247 g/mol. The molecule has 0 aliphatic heterocycles. The van der Waals surface area contributed by atoms with Crippen molar-refractivity contribution < 1.29 is 0 Å². The quantitative estimate of drug-likeness (QED) is 0.884. The van der Waals surface area contributed by atoms with Crippen molar-refractivity contribution >= 4 is 17.4 Å². The number of benzene rings is 1. The summed E-state index contributed by atoms with van der Waals surface area (Å²) in [5, 5.41) is 0.727. The number of nitrogen functional groups attached to an aromatic ring is 1. The van der Waals surface area contributed by atoms with Crippen LogP contribution in [0.4, 0.5) is 5.82 Å². The van der Waals surface area contributed by atoms with Gasteiger partial charge in [-0.15, -0.1) is 0 Å². The summed E-state index contributed by atoms with van der Waals surface area (Å²) in [6.07, 6.45) is 2.42. The molecule has 3 nitrogen and oxygen atoms in total. The molecule has 2 N–H and O–H groups in total. The molecule has 1 fully saturated rings. The van der Waals surface area contributed by atoms with Crippen LogP contribution in [-0.4, -0.2) is 9.55 Å². The van der Waals surface area contributed by atoms with Crippen LogP contribution in [0.25, 0.3) is 11.3 Å². The molecule has 4 heteroatoms. The fourth-order valence-corrected chi connectivity index (χ4v) is 2.30. The lowest BCUT2D eigenvalue weighted by Gasteiger charge is -2.05. The fourth-order valence-electron chi connectivity index (χ4n) is 2.18. The van der Waals surface area contributed by atoms with Crippen molar-refractivity contribution in [3.63, 3.8) is 0 Å². The maximum atomic E-state index is 6.18. The van der Waals surface area contributed by atoms with Crippen molar-refractivity contribution in [2.75, 3.05) is 5.73 Å². The molecular weight excluding hydrogens is 234 g/mol. The van der Waals surface area contributed by atoms with E-state index in [0.717, 1.165) is 27.9 Å². The molecule has 0 atom stereocenters. The van der Waals surface area contributed by atoms with Crippen molar-refractivity contribution in [3.8, 4) is 11.3 Å². The molecule has 0 spiro atoms. The summed E-state index contributed by atoms with van der Waals surface area (Å²) in [7, 11) is 0. The summed E-state index contributed by atoms with van der Waals surface area (Å²) in [6.45, 7) is 2.01. The van der Waals surface area contributed by atoms with E-state index >= 15 is 0 Å². The van der Waals surface area contributed by atoms with Gasteiger partial charge in [0.05, 0.1) is 0 Å². The standard InChI is InChI=1S/C13H14ClN3/c1-8-16-12(9-2-4-10(14)5-3-9)13(15)17(8)11-6-7-11/h2-5,11H,6-7,15H2,1H3. The van der Waals surface area contributed by atoms with Crippen molar-refractivity contribution in [2.45, 2.75) is 25.8 Å². The van der Waals surface area contributed by atoms with E-state index in [2.05, 4.69) is 9.55 Å². The SMILES string of the molecule is Cc1nc(-c2ccc(Cl)cc2)c(N)n1C1CC1. The van der Waals surface area contributed by atoms with Crippen molar-refractivity contribution in [2.24, 2.45) is 0 Å². The number of hydrogen-bond acceptors (Lipinski definition) is 2. The highest BCUT2D eigenvalue weighted by Crippen LogP contribution is 2.40. The Morgan fingerprint density at radius 3 is 2.53 bits per heavy atom. The number of rotatable bonds is 2. The Morgan fingerprint density at radius 1 is 1.29 bits per heavy atom. The van der Waals surface area contributed by atoms with Crippen LogP contribution in [0.3, 0.4) is 0 Å². The molecular formula is C13H14ClN3. The number of aryl methyl sites for hydroxylation is 1. The molecule has 1 aliphatic carbocycles. The highest BCUT2D eigenvalue weighted by molar-refractivity contribution is 6.30. The summed E-state index contributed by atoms with van der Waals surface area (Å²) in [6, 6.07) is 8.20. The second-order valence-corrected chi connectivity index (χ2v) is 4.94. The Morgan fingerprint density at radius 2 is 1.94 bits per heavy atom. The minimum absolute atomic E-state index is 0.559. The van der Waals surface area contributed by atoms with E-state index in [4.69, 9.17) is 17.3 Å². The normalized spacial score (nSPS) is 15.2. The Balaban J connectivity index is 2.08. The maximum Gasteiger partial charge on any atom is 0.131 e. The first kappa shape index (κ1) is 10.7. The molecule has 3 rings (SSSR count). The maximum absolute atomic E-state index is 6.18. The van der Waals surface area contributed by atoms with Gasteiger partial charge in [0.1, 0.15) is 17.3 Å². The Labute approximate surface area is 105 Å². The van der Waals surface area contributed by atoms with Crippen molar-refractivity contribution in [1.29, 1.82) is 0 Å². The minimum atomic E-state index is 0.559. The molecule has 0 amide bonds. The number of imidazole rings is 1. The van der Waals surface area contributed by atoms with E-state index in [-0.39, 0.29) is 0 Å². The smallest absolute Gasteiger partial charge is 0.131 e. The molecule has 1 aliphatic rings. The van der Waals surface area contributed by atoms with Gasteiger partial charge in [-0.1, -0.05) is 23.7 Å². The topological polar surface area (TPSA) is 43.8 Å². The second-order valence-electron chi connectivity index (χ2n) is 4.50. The van der Waals surface area contributed by atoms with E-state index in [1.807, 2.05) is 31.2 Å². The van der Waals surface area contributed by atoms with Gasteiger partial charge in [-0.25, -0.2) is 4.98 Å². The zero-order valence-corrected chi connectivity index (χ0v) is 10.4. The highest BCUT2D eigenvalue weighted by Gasteiger charge is 2.28. The van der Waals surface area contributed by atoms with Crippen LogP contribution in [0.5, 0.6) is 0 Å². The van der Waals surface area contributed by atoms with Gasteiger partial charge in [-0.3, -0.25) is 0 Å². The summed E-state index contributed by atoms with van der Waals surface area (Å²) in [4.78, 5) is 4.57. The van der Waals surface area contributed by atoms with Gasteiger partial charge in [-0.2, -0.15) is 0 Å². The summed E-state index contributed by atoms with van der Waals surface area (Å²) >= 11 is 5.88. The van der Waals surface area contributed by atoms with Crippen LogP contribution in [0, 0.1) is 6.92 Å². The third kappa shape index (κ3) is 1.80. The zero-order chi connectivity index (χ0) is 12.0. The fraction of sp³-hybridized carbons (Fsp3) is 0.308. The van der Waals surface area contributed by atoms with Crippen LogP contribution in [0.2, 0.25) is 5.02 Å². The second kappa shape index (κ2) is 3.77. The van der Waals surface area contributed by atoms with E-state index < -0.39 is 0 Å². The van der Waals surface area contributed by atoms with Gasteiger partial charge in [0, 0.05) is 16.6 Å². The molecule has 2 aromatic rings. The Bertz CT molecular complexity index is 553. The number of aromatic nitrogens is 2. The molecule has 0 radical (unpaired) electrons. The first-order chi connectivity index (χ1) is 8.16. The van der Waals surface area contributed by atoms with Crippen molar-refractivity contribution in [1.82, 2.24) is 9.55 Å². The summed E-state index contributed by atoms with van der Waals surface area (Å²) < 4.78 is 2.14. The first-order valence-corrected chi connectivity index (χ1v) is 6.15. The molecule has 1 aromatic heterocycles. The third-order valence-corrected chi connectivity index (χ3v) is 3.41. The van der Waals surface area contributed by atoms with Gasteiger partial charge in [0.25, 0.3) is 0 Å². The highest BCUT2D eigenvalue weighted by atomic mass is 35.5. The Hall–Kier alpha value is -1.48. The van der Waals surface area contributed by atoms with Crippen LogP contribution in [0.15, 0.2) is 24.3 Å². The number of nitrogens with zero attached hydrogens (tertiary/aromatic N) is 2. The van der Waals surface area contributed by atoms with Gasteiger partial charge >= 0.3 is 0 Å². The largest absolute Gasteiger partial charge is 0.383 e. The molecule has 0 saturated heterocycles. The van der Waals surface area contributed by atoms with Crippen LogP contribution >= 0.6 is 11.6 Å². The summed E-state index contributed by atoms with van der Waals surface area (Å²) in [5.41, 5.74) is 8.07. The zero-order valence-electron chi connectivity index (χ0n) is 9.65. The number of hydrogen-bond donors (Lipinski definition) is 1. The average molecular weight is 248 g/mol. The van der Waals surface area contributed by atoms with Crippen LogP contribution in [-0.2, 0) is 0 Å². The van der Waals surface area contributed by atoms with Crippen LogP contribution < -0.4 is 5.73 Å². The molecule has 17 heavy (non-hydrogen) atoms. The van der Waals surface area contributed by atoms with Gasteiger partial charge < -0.3 is 10.3 Å². The van der Waals surface area contributed by atoms with Crippen LogP contribution in [0.1, 0.15) is 24.7 Å². The summed E-state index contributed by atoms with van der Waals surface area (Å²) in [5.74, 6) is 1.77. The number of halogens is 1. The van der Waals surface area contributed by atoms with E-state index in [0.29, 0.717) is 6.04 Å². The molecule has 1 heterocycles. The van der Waals surface area contributed by atoms with E-state index in [1.54, 1.807) is 0 Å². The first-order valence-electron chi connectivity index (χ1n) is 5.77. The molecule has 88 valence electrons. The lowest BCUT2D eigenvalue weighted by Crippen LogP contribution is -2.02. The van der Waals surface area contributed by atoms with E-state index in [1.165, 1.54) is 12.8 Å². The minimum Gasteiger partial charge on any atom is -0.383 e. The predicted octanol–water partition coefficient (Wildman–Crippen LogP) is 3.43. The molecule has 0 unspecified atom stereocenters. The van der Waals surface area contributed by atoms with Gasteiger partial charge in [0.15, 0.2) is 0 Å². The molecule has 1 saturated carbocycles. The van der Waals surface area contributed by atoms with Gasteiger partial charge in [-0.05, 0) is 31.9 Å². The molecule has 1 aromatic carbocycles. The lowest BCUT2D eigenvalue weighted by molar-refractivity contribution is 0.720. The van der Waals surface area contributed by atoms with E-state index in [9.17, 15) is 0 Å². The molecule has 0 bridgehead atoms. The average Bonchev–Trinajstić information content (AvgIpc) is 3.08. The Kier molecular flexibility index (Phi) is 2.37.